The van der Waals surface area contributed by atoms with Gasteiger partial charge >= 0.3 is 24.1 Å². The van der Waals surface area contributed by atoms with Gasteiger partial charge in [0.2, 0.25) is 41.5 Å². The fraction of sp³-hybridized carbons (Fsp3) is 0.671. The van der Waals surface area contributed by atoms with Gasteiger partial charge in [0.1, 0.15) is 76.2 Å². The van der Waals surface area contributed by atoms with E-state index in [1.807, 2.05) is 27.7 Å². The van der Waals surface area contributed by atoms with E-state index in [0.717, 1.165) is 11.1 Å². The van der Waals surface area contributed by atoms with Gasteiger partial charge < -0.3 is 82.7 Å². The zero-order valence-electron chi connectivity index (χ0n) is 69.6. The second-order valence-corrected chi connectivity index (χ2v) is 36.3. The highest BCUT2D eigenvalue weighted by Gasteiger charge is 2.41. The molecule has 38 heteroatoms. The Morgan fingerprint density at radius 2 is 0.965 bits per heavy atom. The van der Waals surface area contributed by atoms with Crippen LogP contribution in [0.3, 0.4) is 0 Å². The van der Waals surface area contributed by atoms with E-state index in [9.17, 15) is 55.8 Å². The van der Waals surface area contributed by atoms with Crippen LogP contribution in [0.4, 0.5) is 9.59 Å². The molecule has 0 saturated carbocycles. The topological polar surface area (TPSA) is 536 Å². The number of rotatable bonds is 40. The Morgan fingerprint density at radius 3 is 1.42 bits per heavy atom. The number of nitrogens with one attached hydrogen (secondary N) is 13. The number of carboxylic acids is 2. The first-order valence-electron chi connectivity index (χ1n) is 38.6. The van der Waals surface area contributed by atoms with Crippen molar-refractivity contribution in [2.24, 2.45) is 17.6 Å². The Balaban J connectivity index is 1.51. The smallest absolute Gasteiger partial charge is 0.408 e. The van der Waals surface area contributed by atoms with Gasteiger partial charge in [0.25, 0.3) is 20.0 Å². The van der Waals surface area contributed by atoms with Gasteiger partial charge in [0, 0.05) is 67.7 Å². The Kier molecular flexibility index (Phi) is 33.4. The number of carboxylic acid groups (broad SMARTS) is 2. The summed E-state index contributed by atoms with van der Waals surface area (Å²) in [7, 11) is -8.91. The maximum absolute atomic E-state index is 15.4. The molecule has 0 aliphatic carbocycles. The van der Waals surface area contributed by atoms with Crippen LogP contribution in [0.15, 0.2) is 16.0 Å². The summed E-state index contributed by atoms with van der Waals surface area (Å²) in [5.74, 6) is -9.12. The van der Waals surface area contributed by atoms with Crippen LogP contribution >= 0.6 is 0 Å². The quantitative estimate of drug-likeness (QED) is 0.0201. The first-order valence-corrected chi connectivity index (χ1v) is 41.6. The van der Waals surface area contributed by atoms with Gasteiger partial charge in [-0.25, -0.2) is 45.3 Å². The van der Waals surface area contributed by atoms with Crippen molar-refractivity contribution in [3.05, 3.63) is 56.4 Å². The minimum Gasteiger partial charge on any atom is -0.487 e. The fourth-order valence-corrected chi connectivity index (χ4v) is 16.4. The molecule has 2 aliphatic heterocycles. The molecule has 2 aromatic carbocycles. The molecule has 2 aliphatic rings. The first-order chi connectivity index (χ1) is 52.7. The van der Waals surface area contributed by atoms with E-state index in [-0.39, 0.29) is 93.8 Å². The summed E-state index contributed by atoms with van der Waals surface area (Å²) in [5, 5.41) is 69.3. The molecule has 0 bridgehead atoms. The number of carbonyl (C=O) groups excluding carboxylic acids is 7. The minimum absolute atomic E-state index is 0.0603. The van der Waals surface area contributed by atoms with Crippen molar-refractivity contribution in [1.82, 2.24) is 72.3 Å². The normalized spacial score (nSPS) is 15.7. The number of sulfonamides is 2. The van der Waals surface area contributed by atoms with E-state index in [1.54, 1.807) is 111 Å². The van der Waals surface area contributed by atoms with Gasteiger partial charge in [0.15, 0.2) is 0 Å². The fourth-order valence-electron chi connectivity index (χ4n) is 13.4. The maximum Gasteiger partial charge on any atom is 0.408 e. The largest absolute Gasteiger partial charge is 0.487 e. The van der Waals surface area contributed by atoms with Crippen molar-refractivity contribution in [2.45, 2.75) is 309 Å². The molecule has 0 saturated heterocycles. The number of carbonyl (C=O) groups is 9. The average molecular weight is 1640 g/mol. The molecule has 0 spiro atoms. The lowest BCUT2D eigenvalue weighted by Crippen LogP contribution is -2.61. The van der Waals surface area contributed by atoms with E-state index in [0.29, 0.717) is 82.7 Å². The van der Waals surface area contributed by atoms with Crippen LogP contribution in [0.25, 0.3) is 0 Å². The van der Waals surface area contributed by atoms with Crippen molar-refractivity contribution in [3.8, 4) is 11.5 Å². The molecule has 638 valence electrons. The van der Waals surface area contributed by atoms with E-state index < -0.39 is 162 Å². The molecule has 3 aromatic rings. The predicted octanol–water partition coefficient (Wildman–Crippen LogP) is 5.05. The molecule has 114 heavy (non-hydrogen) atoms. The Bertz CT molecular complexity index is 4260. The third kappa shape index (κ3) is 27.6. The molecule has 36 nitrogen and oxygen atoms in total. The molecular weight excluding hydrogens is 1520 g/mol. The van der Waals surface area contributed by atoms with Crippen LogP contribution in [0.5, 0.6) is 11.5 Å². The van der Waals surface area contributed by atoms with Crippen LogP contribution < -0.4 is 72.5 Å². The van der Waals surface area contributed by atoms with E-state index in [1.165, 1.54) is 10.9 Å². The number of aliphatic carboxylic acids is 2. The molecule has 17 N–H and O–H groups in total. The lowest BCUT2D eigenvalue weighted by molar-refractivity contribution is -0.143. The molecule has 0 fully saturated rings. The maximum atomic E-state index is 15.4. The van der Waals surface area contributed by atoms with Crippen LogP contribution in [0.2, 0.25) is 0 Å². The highest BCUT2D eigenvalue weighted by molar-refractivity contribution is 7.90. The minimum atomic E-state index is -4.46. The van der Waals surface area contributed by atoms with Crippen LogP contribution in [-0.2, 0) is 88.9 Å². The molecule has 7 amide bonds. The summed E-state index contributed by atoms with van der Waals surface area (Å²) < 4.78 is 86.1. The van der Waals surface area contributed by atoms with Crippen LogP contribution in [0, 0.1) is 64.2 Å². The van der Waals surface area contributed by atoms with Gasteiger partial charge in [0.05, 0.1) is 21.7 Å². The number of hydrogen-bond acceptors (Lipinski definition) is 22. The summed E-state index contributed by atoms with van der Waals surface area (Å²) in [4.78, 5) is 124. The number of aromatic nitrogens is 3. The zero-order valence-corrected chi connectivity index (χ0v) is 71.2. The lowest BCUT2D eigenvalue weighted by Gasteiger charge is -2.30. The highest BCUT2D eigenvalue weighted by Crippen LogP contribution is 2.45. The number of nitrogens with two attached hydrogens (primary N) is 1. The summed E-state index contributed by atoms with van der Waals surface area (Å²) in [6.45, 7) is 34.0. The predicted molar refractivity (Wildman–Crippen MR) is 425 cm³/mol. The van der Waals surface area contributed by atoms with Gasteiger partial charge in [-0.15, -0.1) is 5.10 Å². The number of fused-ring (bicyclic) bond motifs is 2. The molecular formula is C76H123N17O19S2. The van der Waals surface area contributed by atoms with Crippen LogP contribution in [0.1, 0.15) is 218 Å². The molecule has 5 rings (SSSR count). The summed E-state index contributed by atoms with van der Waals surface area (Å²) in [6, 6.07) is -10.3. The lowest BCUT2D eigenvalue weighted by atomic mass is 9.93. The molecule has 8 atom stereocenters. The molecule has 2 unspecified atom stereocenters. The standard InChI is InChI=1S/C76H123N17O19S2/c1-21-41(4)57(66(98)88-56(40(2)3)65(97)86-54(68(101)102)29-22-24-32-82-71(103)111-73(11,12)13)89-63(95)53(31-27-34-81-70(79)91-114(107,108)61-45(8)43(6)50-38-76(19,20)110-59(50)47(61)10)84-62(94)52(30-26-33-80-69(78)90-113(105,106)60-44(7)42(5)49-37-75(17,18)109-58(49)46(60)9)85-64(96)55(87-72(104)112-74(14,15)16)36-48-39-83-92-93(48)35-25-23-28-51(77)67(99)100/h39-41,51-57H,21-38,77H2,1-20H3,(H,82,103)(H,84,94)(H,85,96)(H,86,97)(H,87,104)(H,88,98)(H,89,95)(H,99,100)(H,101,102)(H3,78,80,90)(H3,79,81,91)/t41?,51-,52-,53-,54-,55-,56?,57-/m1/s1. The van der Waals surface area contributed by atoms with E-state index in [4.69, 9.17) is 35.5 Å². The number of hydrogen-bond donors (Lipinski definition) is 16. The van der Waals surface area contributed by atoms with Crippen molar-refractivity contribution in [2.75, 3.05) is 19.6 Å². The first kappa shape index (κ1) is 95.0. The summed E-state index contributed by atoms with van der Waals surface area (Å²) >= 11 is 0. The number of unbranched alkanes of at least 4 members (excludes halogenated alkanes) is 2. The third-order valence-electron chi connectivity index (χ3n) is 19.6. The number of amides is 7. The van der Waals surface area contributed by atoms with E-state index in [2.05, 4.69) is 67.6 Å². The van der Waals surface area contributed by atoms with Crippen molar-refractivity contribution >= 4 is 85.6 Å². The van der Waals surface area contributed by atoms with Gasteiger partial charge in [-0.05, 0) is 209 Å². The van der Waals surface area contributed by atoms with Crippen molar-refractivity contribution in [3.63, 3.8) is 0 Å². The molecule has 0 radical (unpaired) electrons. The number of benzene rings is 2. The highest BCUT2D eigenvalue weighted by atomic mass is 32.2. The number of guanidine groups is 2. The monoisotopic (exact) mass is 1640 g/mol. The van der Waals surface area contributed by atoms with Crippen molar-refractivity contribution < 1.29 is 89.1 Å². The Morgan fingerprint density at radius 1 is 0.544 bits per heavy atom. The molecule has 3 heterocycles. The SMILES string of the molecule is CCC(C)[C@@H](NC(=O)[C@@H](CCCNC(=N)NS(=O)(=O)c1c(C)c(C)c2c(c1C)OC(C)(C)C2)NC(=O)[C@@H](CCCNC(=N)NS(=O)(=O)c1c(C)c(C)c2c(c1C)OC(C)(C)C2)NC(=O)[C@@H](Cc1cnnn1CCCC[C@@H](N)C(=O)O)NC(=O)OC(C)(C)C)C(=O)NC(C(=O)N[C@H](CCCCNC(=O)OC(C)(C)C)C(=O)O)C(C)C. The second kappa shape index (κ2) is 40.1. The number of nitrogens with zero attached hydrogens (tertiary/aromatic N) is 3. The molecule has 1 aromatic heterocycles. The van der Waals surface area contributed by atoms with Gasteiger partial charge in [-0.3, -0.25) is 39.6 Å². The van der Waals surface area contributed by atoms with Gasteiger partial charge in [-0.2, -0.15) is 0 Å². The Labute approximate surface area is 669 Å². The second-order valence-electron chi connectivity index (χ2n) is 33.0. The van der Waals surface area contributed by atoms with Gasteiger partial charge in [-0.1, -0.05) is 39.3 Å². The van der Waals surface area contributed by atoms with Crippen LogP contribution in [-0.4, -0.2) is 192 Å². The van der Waals surface area contributed by atoms with Crippen molar-refractivity contribution in [1.29, 1.82) is 10.8 Å². The average Bonchev–Trinajstić information content (AvgIpc) is 1.53. The number of aryl methyl sites for hydroxylation is 1. The number of alkyl carbamates (subject to hydrolysis) is 2. The number of ether oxygens (including phenoxy) is 4. The Hall–Kier alpha value is -9.59. The summed E-state index contributed by atoms with van der Waals surface area (Å²) in [5.41, 5.74) is 7.76. The van der Waals surface area contributed by atoms with E-state index >= 15 is 14.4 Å². The summed E-state index contributed by atoms with van der Waals surface area (Å²) in [6.07, 6.45) is 1.10. The third-order valence-corrected chi connectivity index (χ3v) is 22.9. The zero-order chi connectivity index (χ0) is 86.1.